The van der Waals surface area contributed by atoms with Crippen LogP contribution < -0.4 is 0 Å². The summed E-state index contributed by atoms with van der Waals surface area (Å²) in [7, 11) is 0. The molecule has 148 valence electrons. The van der Waals surface area contributed by atoms with Crippen LogP contribution in [0.3, 0.4) is 0 Å². The first-order valence-electron chi connectivity index (χ1n) is 9.51. The standard InChI is InChI=1S/C22H26N2O4/c1-16(25)19-15-22(3,28-17(19)2)21(27)24-13-11-23(12-14-24)20(26)10-9-18-7-5-4-6-8-18/h4-10H,11-15H2,1-3H3. The van der Waals surface area contributed by atoms with Gasteiger partial charge in [-0.2, -0.15) is 0 Å². The van der Waals surface area contributed by atoms with Crippen molar-refractivity contribution in [1.29, 1.82) is 0 Å². The molecule has 1 aromatic carbocycles. The zero-order chi connectivity index (χ0) is 20.3. The molecule has 1 aromatic rings. The van der Waals surface area contributed by atoms with Gasteiger partial charge in [0.15, 0.2) is 11.4 Å². The number of hydrogen-bond donors (Lipinski definition) is 0. The molecule has 28 heavy (non-hydrogen) atoms. The predicted molar refractivity (Wildman–Crippen MR) is 106 cm³/mol. The normalized spacial score (nSPS) is 22.5. The number of carbonyl (C=O) groups is 3. The van der Waals surface area contributed by atoms with Gasteiger partial charge in [-0.1, -0.05) is 30.3 Å². The molecule has 2 aliphatic rings. The van der Waals surface area contributed by atoms with Crippen molar-refractivity contribution in [2.75, 3.05) is 26.2 Å². The molecule has 0 aliphatic carbocycles. The van der Waals surface area contributed by atoms with Crippen LogP contribution in [0.15, 0.2) is 47.7 Å². The molecule has 0 bridgehead atoms. The first-order valence-corrected chi connectivity index (χ1v) is 9.51. The average molecular weight is 382 g/mol. The summed E-state index contributed by atoms with van der Waals surface area (Å²) in [4.78, 5) is 40.5. The zero-order valence-electron chi connectivity index (χ0n) is 16.6. The molecule has 1 atom stereocenters. The summed E-state index contributed by atoms with van der Waals surface area (Å²) >= 11 is 0. The molecule has 1 saturated heterocycles. The lowest BCUT2D eigenvalue weighted by Crippen LogP contribution is -2.55. The fourth-order valence-electron chi connectivity index (χ4n) is 3.69. The van der Waals surface area contributed by atoms with Crippen molar-refractivity contribution in [1.82, 2.24) is 9.80 Å². The molecule has 0 N–H and O–H groups in total. The first-order chi connectivity index (χ1) is 13.3. The third kappa shape index (κ3) is 4.16. The lowest BCUT2D eigenvalue weighted by Gasteiger charge is -2.38. The molecule has 0 saturated carbocycles. The highest BCUT2D eigenvalue weighted by atomic mass is 16.5. The van der Waals surface area contributed by atoms with E-state index in [0.717, 1.165) is 5.56 Å². The van der Waals surface area contributed by atoms with E-state index in [-0.39, 0.29) is 17.6 Å². The van der Waals surface area contributed by atoms with E-state index in [4.69, 9.17) is 4.74 Å². The van der Waals surface area contributed by atoms with Gasteiger partial charge < -0.3 is 14.5 Å². The summed E-state index contributed by atoms with van der Waals surface area (Å²) in [6.45, 7) is 6.82. The number of rotatable bonds is 4. The van der Waals surface area contributed by atoms with E-state index in [2.05, 4.69) is 0 Å². The molecule has 6 heteroatoms. The van der Waals surface area contributed by atoms with Crippen LogP contribution in [0.4, 0.5) is 0 Å². The summed E-state index contributed by atoms with van der Waals surface area (Å²) < 4.78 is 5.78. The molecule has 3 rings (SSSR count). The minimum atomic E-state index is -1.04. The summed E-state index contributed by atoms with van der Waals surface area (Å²) in [6, 6.07) is 9.66. The van der Waals surface area contributed by atoms with Gasteiger partial charge in [-0.05, 0) is 32.4 Å². The van der Waals surface area contributed by atoms with E-state index in [9.17, 15) is 14.4 Å². The number of ether oxygens (including phenoxy) is 1. The number of carbonyl (C=O) groups excluding carboxylic acids is 3. The SMILES string of the molecule is CC(=O)C1=C(C)OC(C)(C(=O)N2CCN(C(=O)C=Cc3ccccc3)CC2)C1. The van der Waals surface area contributed by atoms with Crippen molar-refractivity contribution < 1.29 is 19.1 Å². The number of Topliss-reactive ketones (excluding diaryl/α,β-unsaturated/α-hetero) is 1. The van der Waals surface area contributed by atoms with Crippen LogP contribution in [0.1, 0.15) is 32.8 Å². The van der Waals surface area contributed by atoms with Crippen molar-refractivity contribution >= 4 is 23.7 Å². The Hall–Kier alpha value is -2.89. The van der Waals surface area contributed by atoms with Gasteiger partial charge in [0.1, 0.15) is 5.76 Å². The lowest BCUT2D eigenvalue weighted by molar-refractivity contribution is -0.152. The smallest absolute Gasteiger partial charge is 0.266 e. The molecular weight excluding hydrogens is 356 g/mol. The number of piperazine rings is 1. The number of amides is 2. The Labute approximate surface area is 165 Å². The molecule has 2 heterocycles. The molecular formula is C22H26N2O4. The largest absolute Gasteiger partial charge is 0.482 e. The van der Waals surface area contributed by atoms with Crippen LogP contribution in [0.25, 0.3) is 6.08 Å². The van der Waals surface area contributed by atoms with Crippen LogP contribution in [-0.4, -0.2) is 59.2 Å². The molecule has 0 spiro atoms. The second-order valence-corrected chi connectivity index (χ2v) is 7.46. The average Bonchev–Trinajstić information content (AvgIpc) is 3.02. The Morgan fingerprint density at radius 1 is 1.04 bits per heavy atom. The topological polar surface area (TPSA) is 66.9 Å². The van der Waals surface area contributed by atoms with E-state index in [0.29, 0.717) is 43.9 Å². The van der Waals surface area contributed by atoms with Crippen molar-refractivity contribution in [2.45, 2.75) is 32.8 Å². The van der Waals surface area contributed by atoms with Crippen LogP contribution in [-0.2, 0) is 19.1 Å². The zero-order valence-corrected chi connectivity index (χ0v) is 16.6. The van der Waals surface area contributed by atoms with Gasteiger partial charge in [0.25, 0.3) is 5.91 Å². The van der Waals surface area contributed by atoms with E-state index in [1.54, 1.807) is 35.8 Å². The molecule has 1 unspecified atom stereocenters. The Bertz CT molecular complexity index is 835. The highest BCUT2D eigenvalue weighted by Crippen LogP contribution is 2.35. The second kappa shape index (κ2) is 8.00. The van der Waals surface area contributed by atoms with E-state index < -0.39 is 5.60 Å². The quantitative estimate of drug-likeness (QED) is 0.750. The molecule has 0 radical (unpaired) electrons. The van der Waals surface area contributed by atoms with Gasteiger partial charge in [-0.3, -0.25) is 14.4 Å². The Morgan fingerprint density at radius 3 is 2.21 bits per heavy atom. The highest BCUT2D eigenvalue weighted by molar-refractivity contribution is 5.97. The Morgan fingerprint density at radius 2 is 1.64 bits per heavy atom. The van der Waals surface area contributed by atoms with E-state index >= 15 is 0 Å². The lowest BCUT2D eigenvalue weighted by atomic mass is 9.95. The molecule has 2 amide bonds. The summed E-state index contributed by atoms with van der Waals surface area (Å²) in [5.74, 6) is 0.281. The minimum absolute atomic E-state index is 0.0596. The fraction of sp³-hybridized carbons (Fsp3) is 0.409. The third-order valence-electron chi connectivity index (χ3n) is 5.29. The highest BCUT2D eigenvalue weighted by Gasteiger charge is 2.45. The predicted octanol–water partition coefficient (Wildman–Crippen LogP) is 2.41. The number of allylic oxidation sites excluding steroid dienone is 1. The van der Waals surface area contributed by atoms with Crippen molar-refractivity contribution in [3.63, 3.8) is 0 Å². The van der Waals surface area contributed by atoms with Crippen molar-refractivity contribution in [2.24, 2.45) is 0 Å². The van der Waals surface area contributed by atoms with Gasteiger partial charge in [-0.15, -0.1) is 0 Å². The van der Waals surface area contributed by atoms with Gasteiger partial charge in [-0.25, -0.2) is 0 Å². The summed E-state index contributed by atoms with van der Waals surface area (Å²) in [5.41, 5.74) is 0.514. The molecule has 2 aliphatic heterocycles. The number of benzene rings is 1. The minimum Gasteiger partial charge on any atom is -0.482 e. The number of nitrogens with zero attached hydrogens (tertiary/aromatic N) is 2. The van der Waals surface area contributed by atoms with Crippen LogP contribution in [0, 0.1) is 0 Å². The molecule has 1 fully saturated rings. The first kappa shape index (κ1) is 19.9. The maximum Gasteiger partial charge on any atom is 0.266 e. The third-order valence-corrected chi connectivity index (χ3v) is 5.29. The maximum absolute atomic E-state index is 13.0. The van der Waals surface area contributed by atoms with Gasteiger partial charge in [0, 0.05) is 44.2 Å². The Balaban J connectivity index is 1.55. The van der Waals surface area contributed by atoms with Crippen molar-refractivity contribution in [3.8, 4) is 0 Å². The van der Waals surface area contributed by atoms with Crippen LogP contribution in [0.5, 0.6) is 0 Å². The van der Waals surface area contributed by atoms with Crippen LogP contribution in [0.2, 0.25) is 0 Å². The Kier molecular flexibility index (Phi) is 5.68. The number of ketones is 1. The van der Waals surface area contributed by atoms with E-state index in [1.165, 1.54) is 6.92 Å². The van der Waals surface area contributed by atoms with Gasteiger partial charge >= 0.3 is 0 Å². The second-order valence-electron chi connectivity index (χ2n) is 7.46. The van der Waals surface area contributed by atoms with Gasteiger partial charge in [0.2, 0.25) is 5.91 Å². The van der Waals surface area contributed by atoms with Crippen molar-refractivity contribution in [3.05, 3.63) is 53.3 Å². The molecule has 6 nitrogen and oxygen atoms in total. The monoisotopic (exact) mass is 382 g/mol. The fourth-order valence-corrected chi connectivity index (χ4v) is 3.69. The maximum atomic E-state index is 13.0. The summed E-state index contributed by atoms with van der Waals surface area (Å²) in [5, 5.41) is 0. The van der Waals surface area contributed by atoms with Gasteiger partial charge in [0.05, 0.1) is 0 Å². The van der Waals surface area contributed by atoms with Crippen LogP contribution >= 0.6 is 0 Å². The van der Waals surface area contributed by atoms with E-state index in [1.807, 2.05) is 30.3 Å². The summed E-state index contributed by atoms with van der Waals surface area (Å²) in [6.07, 6.45) is 3.66. The molecule has 0 aromatic heterocycles. The number of hydrogen-bond acceptors (Lipinski definition) is 4.